The number of ether oxygens (including phenoxy) is 1. The van der Waals surface area contributed by atoms with Gasteiger partial charge < -0.3 is 9.30 Å². The molecule has 0 saturated carbocycles. The van der Waals surface area contributed by atoms with Crippen molar-refractivity contribution in [1.29, 1.82) is 0 Å². The number of thiophene rings is 1. The molecule has 22 heavy (non-hydrogen) atoms. The summed E-state index contributed by atoms with van der Waals surface area (Å²) in [6.07, 6.45) is 3.68. The topological polar surface area (TPSA) is 39.9 Å². The fraction of sp³-hybridized carbons (Fsp3) is 0.471. The highest BCUT2D eigenvalue weighted by molar-refractivity contribution is 7.18. The molecule has 2 radical (unpaired) electrons. The van der Waals surface area contributed by atoms with Crippen LogP contribution in [0.25, 0.3) is 21.3 Å². The quantitative estimate of drug-likeness (QED) is 0.712. The van der Waals surface area contributed by atoms with Gasteiger partial charge in [-0.15, -0.1) is 11.3 Å². The van der Waals surface area contributed by atoms with Crippen molar-refractivity contribution in [2.75, 3.05) is 6.61 Å². The maximum Gasteiger partial charge on any atom is 0.112 e. The van der Waals surface area contributed by atoms with Crippen LogP contribution in [0.4, 0.5) is 0 Å². The van der Waals surface area contributed by atoms with E-state index < -0.39 is 0 Å². The standard InChI is InChI=1S/C17H19N3OS/c1-10(2)17-19-14-8-18-13-6-7-22-16(13)15(14)20(17)12-5-4-11(3)21-9-12/h3,6-8,10-12H,4-5,9H2,1-2H3/t11-,12+/m1/s1. The molecule has 1 saturated heterocycles. The summed E-state index contributed by atoms with van der Waals surface area (Å²) < 4.78 is 9.30. The average Bonchev–Trinajstić information content (AvgIpc) is 3.11. The lowest BCUT2D eigenvalue weighted by Gasteiger charge is -2.30. The number of hydrogen-bond acceptors (Lipinski definition) is 4. The molecule has 0 unspecified atom stereocenters. The van der Waals surface area contributed by atoms with Gasteiger partial charge in [-0.05, 0) is 31.2 Å². The Labute approximate surface area is 134 Å². The largest absolute Gasteiger partial charge is 0.376 e. The Morgan fingerprint density at radius 2 is 2.23 bits per heavy atom. The molecular weight excluding hydrogens is 294 g/mol. The van der Waals surface area contributed by atoms with Gasteiger partial charge in [0, 0.05) is 5.92 Å². The smallest absolute Gasteiger partial charge is 0.112 e. The van der Waals surface area contributed by atoms with Gasteiger partial charge in [0.1, 0.15) is 11.3 Å². The van der Waals surface area contributed by atoms with Gasteiger partial charge in [0.15, 0.2) is 0 Å². The second kappa shape index (κ2) is 5.32. The molecule has 4 rings (SSSR count). The summed E-state index contributed by atoms with van der Waals surface area (Å²) >= 11 is 1.73. The van der Waals surface area contributed by atoms with Crippen molar-refractivity contribution in [1.82, 2.24) is 14.5 Å². The molecule has 1 aliphatic rings. The molecule has 0 spiro atoms. The van der Waals surface area contributed by atoms with E-state index in [4.69, 9.17) is 16.6 Å². The van der Waals surface area contributed by atoms with Crippen LogP contribution in [0.15, 0.2) is 17.6 Å². The molecule has 4 heterocycles. The Hall–Kier alpha value is -1.46. The van der Waals surface area contributed by atoms with Crippen molar-refractivity contribution < 1.29 is 4.74 Å². The van der Waals surface area contributed by atoms with Gasteiger partial charge in [0.2, 0.25) is 0 Å². The SMILES string of the molecule is [CH][C@@H]1CC[C@H](n2c(C(C)C)nc3cnc4ccsc4c32)CO1. The van der Waals surface area contributed by atoms with Crippen LogP contribution in [-0.2, 0) is 4.74 Å². The number of nitrogens with zero attached hydrogens (tertiary/aromatic N) is 3. The first-order valence-corrected chi connectivity index (χ1v) is 8.64. The summed E-state index contributed by atoms with van der Waals surface area (Å²) in [6.45, 7) is 10.9. The third-order valence-corrected chi connectivity index (χ3v) is 5.23. The van der Waals surface area contributed by atoms with E-state index in [2.05, 4.69) is 34.8 Å². The Kier molecular flexibility index (Phi) is 3.42. The van der Waals surface area contributed by atoms with E-state index in [1.54, 1.807) is 11.3 Å². The molecule has 0 aliphatic carbocycles. The fourth-order valence-electron chi connectivity index (χ4n) is 3.23. The first-order valence-electron chi connectivity index (χ1n) is 7.76. The van der Waals surface area contributed by atoms with Crippen LogP contribution in [0.2, 0.25) is 0 Å². The Morgan fingerprint density at radius 1 is 1.36 bits per heavy atom. The predicted octanol–water partition coefficient (Wildman–Crippen LogP) is 4.20. The summed E-state index contributed by atoms with van der Waals surface area (Å²) in [6, 6.07) is 2.37. The third kappa shape index (κ3) is 2.15. The lowest BCUT2D eigenvalue weighted by molar-refractivity contribution is 0.0139. The molecule has 5 heteroatoms. The van der Waals surface area contributed by atoms with E-state index in [0.29, 0.717) is 18.6 Å². The van der Waals surface area contributed by atoms with E-state index >= 15 is 0 Å². The van der Waals surface area contributed by atoms with E-state index in [1.807, 2.05) is 6.20 Å². The maximum absolute atomic E-state index is 5.88. The van der Waals surface area contributed by atoms with Gasteiger partial charge in [0.05, 0.1) is 40.7 Å². The highest BCUT2D eigenvalue weighted by Crippen LogP contribution is 2.35. The number of hydrogen-bond donors (Lipinski definition) is 0. The monoisotopic (exact) mass is 313 g/mol. The molecule has 2 atom stereocenters. The van der Waals surface area contributed by atoms with Crippen molar-refractivity contribution in [3.8, 4) is 0 Å². The summed E-state index contributed by atoms with van der Waals surface area (Å²) in [5, 5.41) is 2.09. The second-order valence-electron chi connectivity index (χ2n) is 6.22. The van der Waals surface area contributed by atoms with Gasteiger partial charge >= 0.3 is 0 Å². The van der Waals surface area contributed by atoms with Crippen LogP contribution in [-0.4, -0.2) is 27.2 Å². The molecule has 1 aliphatic heterocycles. The van der Waals surface area contributed by atoms with Crippen LogP contribution < -0.4 is 0 Å². The molecule has 0 amide bonds. The fourth-order valence-corrected chi connectivity index (χ4v) is 4.12. The Morgan fingerprint density at radius 3 is 2.95 bits per heavy atom. The Balaban J connectivity index is 1.96. The Bertz CT molecular complexity index is 812. The van der Waals surface area contributed by atoms with Gasteiger partial charge in [-0.1, -0.05) is 13.8 Å². The normalized spacial score (nSPS) is 22.9. The number of pyridine rings is 1. The third-order valence-electron chi connectivity index (χ3n) is 4.32. The van der Waals surface area contributed by atoms with Gasteiger partial charge in [0.25, 0.3) is 0 Å². The van der Waals surface area contributed by atoms with Crippen LogP contribution in [0.5, 0.6) is 0 Å². The summed E-state index contributed by atoms with van der Waals surface area (Å²) in [5.74, 6) is 1.47. The van der Waals surface area contributed by atoms with Crippen LogP contribution in [0.1, 0.15) is 44.5 Å². The lowest BCUT2D eigenvalue weighted by Crippen LogP contribution is -2.27. The molecule has 0 aromatic carbocycles. The molecule has 0 N–H and O–H groups in total. The van der Waals surface area contributed by atoms with E-state index in [1.165, 1.54) is 10.2 Å². The zero-order chi connectivity index (χ0) is 15.3. The first kappa shape index (κ1) is 14.2. The summed E-state index contributed by atoms with van der Waals surface area (Å²) in [5.41, 5.74) is 3.23. The predicted molar refractivity (Wildman–Crippen MR) is 89.3 cm³/mol. The summed E-state index contributed by atoms with van der Waals surface area (Å²) in [7, 11) is 0. The van der Waals surface area contributed by atoms with Crippen molar-refractivity contribution >= 4 is 32.6 Å². The molecule has 3 aromatic rings. The van der Waals surface area contributed by atoms with Gasteiger partial charge in [-0.3, -0.25) is 4.98 Å². The first-order chi connectivity index (χ1) is 10.6. The highest BCUT2D eigenvalue weighted by Gasteiger charge is 2.26. The maximum atomic E-state index is 5.88. The summed E-state index contributed by atoms with van der Waals surface area (Å²) in [4.78, 5) is 9.38. The van der Waals surface area contributed by atoms with E-state index in [-0.39, 0.29) is 6.10 Å². The minimum absolute atomic E-state index is 0.128. The molecule has 114 valence electrons. The van der Waals surface area contributed by atoms with E-state index in [0.717, 1.165) is 29.7 Å². The van der Waals surface area contributed by atoms with Crippen molar-refractivity contribution in [2.24, 2.45) is 0 Å². The minimum Gasteiger partial charge on any atom is -0.376 e. The molecule has 0 bridgehead atoms. The zero-order valence-electron chi connectivity index (χ0n) is 12.8. The molecule has 3 aromatic heterocycles. The average molecular weight is 313 g/mol. The van der Waals surface area contributed by atoms with Gasteiger partial charge in [-0.25, -0.2) is 4.98 Å². The van der Waals surface area contributed by atoms with Crippen molar-refractivity contribution in [2.45, 2.75) is 44.8 Å². The number of aromatic nitrogens is 3. The lowest BCUT2D eigenvalue weighted by atomic mass is 10.0. The number of rotatable bonds is 2. The second-order valence-corrected chi connectivity index (χ2v) is 7.14. The van der Waals surface area contributed by atoms with Crippen LogP contribution >= 0.6 is 11.3 Å². The highest BCUT2D eigenvalue weighted by atomic mass is 32.1. The number of imidazole rings is 1. The van der Waals surface area contributed by atoms with Crippen molar-refractivity contribution in [3.05, 3.63) is 30.4 Å². The minimum atomic E-state index is -0.128. The molecular formula is C17H19N3OS. The molecule has 4 nitrogen and oxygen atoms in total. The van der Waals surface area contributed by atoms with Crippen LogP contribution in [0, 0.1) is 6.92 Å². The zero-order valence-corrected chi connectivity index (χ0v) is 13.6. The van der Waals surface area contributed by atoms with Crippen molar-refractivity contribution in [3.63, 3.8) is 0 Å². The van der Waals surface area contributed by atoms with E-state index in [9.17, 15) is 0 Å². The van der Waals surface area contributed by atoms with Gasteiger partial charge in [-0.2, -0.15) is 0 Å². The number of fused-ring (bicyclic) bond motifs is 3. The molecule has 1 fully saturated rings. The van der Waals surface area contributed by atoms with Crippen LogP contribution in [0.3, 0.4) is 0 Å².